The van der Waals surface area contributed by atoms with Crippen molar-refractivity contribution in [3.05, 3.63) is 38.5 Å². The van der Waals surface area contributed by atoms with Crippen molar-refractivity contribution < 1.29 is 9.21 Å². The van der Waals surface area contributed by atoms with Crippen LogP contribution in [-0.2, 0) is 0 Å². The Balaban J connectivity index is 1.75. The molecule has 3 rings (SSSR count). The van der Waals surface area contributed by atoms with E-state index in [4.69, 9.17) is 4.42 Å². The largest absolute Gasteiger partial charge is 0.406 e. The van der Waals surface area contributed by atoms with Crippen molar-refractivity contribution >= 4 is 11.9 Å². The quantitative estimate of drug-likeness (QED) is 0.574. The molecule has 1 saturated heterocycles. The zero-order valence-electron chi connectivity index (χ0n) is 10.8. The Kier molecular flexibility index (Phi) is 3.36. The first kappa shape index (κ1) is 13.2. The summed E-state index contributed by atoms with van der Waals surface area (Å²) in [5.74, 6) is -0.324. The van der Waals surface area contributed by atoms with Crippen molar-refractivity contribution in [3.63, 3.8) is 0 Å². The molecule has 10 nitrogen and oxygen atoms in total. The van der Waals surface area contributed by atoms with Gasteiger partial charge in [-0.15, -0.1) is 5.10 Å². The number of nitrogens with zero attached hydrogens (tertiary/aromatic N) is 2. The molecule has 1 amide bonds. The van der Waals surface area contributed by atoms with Crippen LogP contribution >= 0.6 is 0 Å². The van der Waals surface area contributed by atoms with E-state index in [0.29, 0.717) is 5.89 Å². The maximum atomic E-state index is 11.9. The van der Waals surface area contributed by atoms with Gasteiger partial charge in [-0.2, -0.15) is 0 Å². The Morgan fingerprint density at radius 1 is 1.33 bits per heavy atom. The first-order chi connectivity index (χ1) is 10.1. The Morgan fingerprint density at radius 3 is 2.90 bits per heavy atom. The van der Waals surface area contributed by atoms with E-state index in [1.165, 1.54) is 0 Å². The minimum atomic E-state index is -0.769. The van der Waals surface area contributed by atoms with Gasteiger partial charge in [-0.05, 0) is 19.4 Å². The number of nitrogens with one attached hydrogen (secondary N) is 4. The number of amides is 1. The predicted octanol–water partition coefficient (Wildman–Crippen LogP) is -0.877. The molecule has 21 heavy (non-hydrogen) atoms. The molecule has 3 heterocycles. The molecule has 0 bridgehead atoms. The van der Waals surface area contributed by atoms with Crippen molar-refractivity contribution in [1.82, 2.24) is 25.5 Å². The molecule has 2 aromatic heterocycles. The fourth-order valence-corrected chi connectivity index (χ4v) is 2.08. The summed E-state index contributed by atoms with van der Waals surface area (Å²) in [5, 5.41) is 13.1. The highest BCUT2D eigenvalue weighted by molar-refractivity contribution is 6.01. The topological polar surface area (TPSA) is 146 Å². The summed E-state index contributed by atoms with van der Waals surface area (Å²) >= 11 is 0. The molecule has 1 aliphatic heterocycles. The van der Waals surface area contributed by atoms with Crippen molar-refractivity contribution in [2.45, 2.75) is 18.9 Å². The van der Waals surface area contributed by atoms with Gasteiger partial charge in [-0.1, -0.05) is 5.10 Å². The summed E-state index contributed by atoms with van der Waals surface area (Å²) in [4.78, 5) is 38.3. The van der Waals surface area contributed by atoms with Gasteiger partial charge in [0.2, 0.25) is 5.89 Å². The molecule has 1 fully saturated rings. The lowest BCUT2D eigenvalue weighted by molar-refractivity contribution is 0.101. The number of aromatic amines is 2. The third-order valence-corrected chi connectivity index (χ3v) is 3.02. The van der Waals surface area contributed by atoms with E-state index in [0.717, 1.165) is 25.5 Å². The first-order valence-electron chi connectivity index (χ1n) is 6.33. The number of anilines is 1. The lowest BCUT2D eigenvalue weighted by Crippen LogP contribution is -2.27. The van der Waals surface area contributed by atoms with E-state index in [9.17, 15) is 14.4 Å². The molecule has 1 aliphatic rings. The van der Waals surface area contributed by atoms with E-state index < -0.39 is 17.2 Å². The van der Waals surface area contributed by atoms with Gasteiger partial charge in [0.15, 0.2) is 0 Å². The normalized spacial score (nSPS) is 17.8. The third kappa shape index (κ3) is 2.89. The van der Waals surface area contributed by atoms with E-state index in [2.05, 4.69) is 25.8 Å². The summed E-state index contributed by atoms with van der Waals surface area (Å²) in [7, 11) is 0. The maximum absolute atomic E-state index is 11.9. The SMILES string of the molecule is O=C(Nc1nnc(C2CCCN2)o1)c1cc(=O)[nH]c(=O)[nH]1. The molecule has 10 heteroatoms. The van der Waals surface area contributed by atoms with Gasteiger partial charge >= 0.3 is 11.7 Å². The van der Waals surface area contributed by atoms with E-state index in [1.54, 1.807) is 0 Å². The Hall–Kier alpha value is -2.75. The van der Waals surface area contributed by atoms with Crippen LogP contribution in [0.15, 0.2) is 20.1 Å². The van der Waals surface area contributed by atoms with Gasteiger partial charge in [0.05, 0.1) is 6.04 Å². The van der Waals surface area contributed by atoms with Gasteiger partial charge in [-0.3, -0.25) is 19.9 Å². The van der Waals surface area contributed by atoms with Crippen molar-refractivity contribution in [3.8, 4) is 0 Å². The number of rotatable bonds is 3. The minimum Gasteiger partial charge on any atom is -0.406 e. The molecule has 0 radical (unpaired) electrons. The average Bonchev–Trinajstić information content (AvgIpc) is 3.07. The van der Waals surface area contributed by atoms with Crippen molar-refractivity contribution in [2.75, 3.05) is 11.9 Å². The van der Waals surface area contributed by atoms with Crippen LogP contribution in [0.2, 0.25) is 0 Å². The van der Waals surface area contributed by atoms with Crippen LogP contribution in [0.3, 0.4) is 0 Å². The second-order valence-electron chi connectivity index (χ2n) is 4.55. The smallest absolute Gasteiger partial charge is 0.326 e. The average molecular weight is 292 g/mol. The maximum Gasteiger partial charge on any atom is 0.326 e. The molecule has 0 aliphatic carbocycles. The van der Waals surface area contributed by atoms with E-state index >= 15 is 0 Å². The van der Waals surface area contributed by atoms with Gasteiger partial charge in [0, 0.05) is 6.07 Å². The lowest BCUT2D eigenvalue weighted by Gasteiger charge is -2.02. The van der Waals surface area contributed by atoms with Crippen LogP contribution in [-0.4, -0.2) is 32.6 Å². The molecule has 0 spiro atoms. The molecule has 1 unspecified atom stereocenters. The van der Waals surface area contributed by atoms with Crippen LogP contribution in [0.1, 0.15) is 35.3 Å². The number of H-pyrrole nitrogens is 2. The molecule has 2 aromatic rings. The summed E-state index contributed by atoms with van der Waals surface area (Å²) in [5.41, 5.74) is -1.64. The number of aromatic nitrogens is 4. The van der Waals surface area contributed by atoms with Gasteiger partial charge in [0.1, 0.15) is 5.69 Å². The number of hydrogen-bond acceptors (Lipinski definition) is 7. The standard InChI is InChI=1S/C11H12N6O4/c18-7-4-6(13-10(20)14-7)8(19)15-11-17-16-9(21-11)5-2-1-3-12-5/h4-5,12H,1-3H2,(H,15,17,19)(H2,13,14,18,20). The van der Waals surface area contributed by atoms with Crippen LogP contribution in [0, 0.1) is 0 Å². The number of carbonyl (C=O) groups excluding carboxylic acids is 1. The van der Waals surface area contributed by atoms with Gasteiger partial charge in [-0.25, -0.2) is 4.79 Å². The molecule has 0 saturated carbocycles. The summed E-state index contributed by atoms with van der Waals surface area (Å²) in [6.07, 6.45) is 1.90. The minimum absolute atomic E-state index is 0.0115. The summed E-state index contributed by atoms with van der Waals surface area (Å²) in [6.45, 7) is 0.878. The van der Waals surface area contributed by atoms with E-state index in [-0.39, 0.29) is 17.8 Å². The summed E-state index contributed by atoms with van der Waals surface area (Å²) in [6, 6.07) is 0.861. The number of hydrogen-bond donors (Lipinski definition) is 4. The monoisotopic (exact) mass is 292 g/mol. The van der Waals surface area contributed by atoms with Crippen LogP contribution < -0.4 is 21.9 Å². The molecule has 4 N–H and O–H groups in total. The highest BCUT2D eigenvalue weighted by Gasteiger charge is 2.22. The first-order valence-corrected chi connectivity index (χ1v) is 6.33. The zero-order chi connectivity index (χ0) is 14.8. The second-order valence-corrected chi connectivity index (χ2v) is 4.55. The highest BCUT2D eigenvalue weighted by Crippen LogP contribution is 2.22. The highest BCUT2D eigenvalue weighted by atomic mass is 16.4. The second kappa shape index (κ2) is 5.32. The van der Waals surface area contributed by atoms with Gasteiger partial charge < -0.3 is 14.7 Å². The third-order valence-electron chi connectivity index (χ3n) is 3.02. The van der Waals surface area contributed by atoms with Crippen LogP contribution in [0.4, 0.5) is 6.01 Å². The Morgan fingerprint density at radius 2 is 2.19 bits per heavy atom. The van der Waals surface area contributed by atoms with Crippen LogP contribution in [0.5, 0.6) is 0 Å². The number of carbonyl (C=O) groups is 1. The molecular weight excluding hydrogens is 280 g/mol. The van der Waals surface area contributed by atoms with Gasteiger partial charge in [0.25, 0.3) is 11.5 Å². The van der Waals surface area contributed by atoms with Crippen molar-refractivity contribution in [1.29, 1.82) is 0 Å². The Bertz CT molecular complexity index is 741. The molecule has 0 aromatic carbocycles. The summed E-state index contributed by atoms with van der Waals surface area (Å²) < 4.78 is 5.33. The zero-order valence-corrected chi connectivity index (χ0v) is 10.8. The molecule has 1 atom stereocenters. The molecular formula is C11H12N6O4. The fraction of sp³-hybridized carbons (Fsp3) is 0.364. The molecule has 110 valence electrons. The van der Waals surface area contributed by atoms with E-state index in [1.807, 2.05) is 4.98 Å². The van der Waals surface area contributed by atoms with Crippen LogP contribution in [0.25, 0.3) is 0 Å². The Labute approximate surface area is 117 Å². The van der Waals surface area contributed by atoms with Crippen molar-refractivity contribution in [2.24, 2.45) is 0 Å². The predicted molar refractivity (Wildman–Crippen MR) is 69.9 cm³/mol. The fourth-order valence-electron chi connectivity index (χ4n) is 2.08. The lowest BCUT2D eigenvalue weighted by atomic mass is 10.2.